The molecular weight excluding hydrogens is 116 g/mol. The Morgan fingerprint density at radius 3 is 2.22 bits per heavy atom. The second-order valence-corrected chi connectivity index (χ2v) is 1.69. The number of rotatable bonds is 1. The van der Waals surface area contributed by atoms with Crippen molar-refractivity contribution in [1.29, 1.82) is 0 Å². The van der Waals surface area contributed by atoms with Crippen LogP contribution in [0.15, 0.2) is 24.3 Å². The highest BCUT2D eigenvalue weighted by atomic mass is 16.3. The van der Waals surface area contributed by atoms with Gasteiger partial charge in [-0.25, -0.2) is 0 Å². The van der Waals surface area contributed by atoms with Gasteiger partial charge in [-0.05, 0) is 0 Å². The van der Waals surface area contributed by atoms with Crippen molar-refractivity contribution in [1.82, 2.24) is 0 Å². The van der Waals surface area contributed by atoms with E-state index in [-0.39, 0.29) is 5.75 Å². The van der Waals surface area contributed by atoms with Crippen LogP contribution in [0, 0.1) is 0 Å². The van der Waals surface area contributed by atoms with E-state index in [4.69, 9.17) is 0 Å². The van der Waals surface area contributed by atoms with E-state index in [0.717, 1.165) is 0 Å². The van der Waals surface area contributed by atoms with Gasteiger partial charge in [0.1, 0.15) is 6.29 Å². The first-order chi connectivity index (χ1) is 4.33. The predicted octanol–water partition coefficient (Wildman–Crippen LogP) is 0.573. The van der Waals surface area contributed by atoms with E-state index in [2.05, 4.69) is 0 Å². The quantitative estimate of drug-likeness (QED) is 0.509. The summed E-state index contributed by atoms with van der Waals surface area (Å²) < 4.78 is 0. The molecule has 46 valence electrons. The Labute approximate surface area is 52.8 Å². The standard InChI is InChI=1S/C7H6O2/c8-5-6-1-3-7(9)4-2-6/h1-5,9H/p-1. The van der Waals surface area contributed by atoms with Crippen LogP contribution in [0.3, 0.4) is 0 Å². The summed E-state index contributed by atoms with van der Waals surface area (Å²) in [6, 6.07) is 5.72. The van der Waals surface area contributed by atoms with E-state index in [0.29, 0.717) is 11.8 Å². The highest BCUT2D eigenvalue weighted by Crippen LogP contribution is 2.03. The Hall–Kier alpha value is -1.31. The highest BCUT2D eigenvalue weighted by Gasteiger charge is 1.82. The van der Waals surface area contributed by atoms with Gasteiger partial charge in [-0.1, -0.05) is 24.3 Å². The smallest absolute Gasteiger partial charge is 0.150 e. The monoisotopic (exact) mass is 121 g/mol. The van der Waals surface area contributed by atoms with Crippen LogP contribution in [0.25, 0.3) is 0 Å². The Morgan fingerprint density at radius 1 is 1.22 bits per heavy atom. The summed E-state index contributed by atoms with van der Waals surface area (Å²) in [6.45, 7) is 0. The van der Waals surface area contributed by atoms with Crippen molar-refractivity contribution < 1.29 is 9.90 Å². The van der Waals surface area contributed by atoms with Gasteiger partial charge in [0, 0.05) is 5.56 Å². The average molecular weight is 121 g/mol. The van der Waals surface area contributed by atoms with Crippen LogP contribution in [0.5, 0.6) is 5.75 Å². The van der Waals surface area contributed by atoms with Crippen molar-refractivity contribution in [2.24, 2.45) is 0 Å². The Kier molecular flexibility index (Phi) is 1.49. The normalized spacial score (nSPS) is 8.89. The molecule has 0 atom stereocenters. The fourth-order valence-electron chi connectivity index (χ4n) is 0.546. The largest absolute Gasteiger partial charge is 0.872 e. The van der Waals surface area contributed by atoms with E-state index in [1.807, 2.05) is 0 Å². The Morgan fingerprint density at radius 2 is 1.78 bits per heavy atom. The van der Waals surface area contributed by atoms with Crippen LogP contribution in [-0.2, 0) is 0 Å². The van der Waals surface area contributed by atoms with Crippen LogP contribution in [0.1, 0.15) is 10.4 Å². The first kappa shape index (κ1) is 5.82. The fraction of sp³-hybridized carbons (Fsp3) is 0. The molecule has 9 heavy (non-hydrogen) atoms. The molecule has 0 N–H and O–H groups in total. The van der Waals surface area contributed by atoms with Gasteiger partial charge >= 0.3 is 0 Å². The summed E-state index contributed by atoms with van der Waals surface area (Å²) in [5, 5.41) is 10.4. The molecule has 0 bridgehead atoms. The van der Waals surface area contributed by atoms with E-state index in [1.54, 1.807) is 0 Å². The molecule has 0 aromatic heterocycles. The maximum atomic E-state index is 10.4. The van der Waals surface area contributed by atoms with E-state index in [9.17, 15) is 9.90 Å². The zero-order chi connectivity index (χ0) is 6.69. The van der Waals surface area contributed by atoms with Crippen molar-refractivity contribution in [3.63, 3.8) is 0 Å². The first-order valence-corrected chi connectivity index (χ1v) is 2.55. The van der Waals surface area contributed by atoms with Crippen molar-refractivity contribution in [2.75, 3.05) is 0 Å². The van der Waals surface area contributed by atoms with Gasteiger partial charge in [0.25, 0.3) is 0 Å². The molecule has 0 amide bonds. The second-order valence-electron chi connectivity index (χ2n) is 1.69. The lowest BCUT2D eigenvalue weighted by Crippen LogP contribution is -1.88. The van der Waals surface area contributed by atoms with Crippen LogP contribution in [-0.4, -0.2) is 6.29 Å². The third-order valence-corrected chi connectivity index (χ3v) is 1.02. The van der Waals surface area contributed by atoms with E-state index in [1.165, 1.54) is 24.3 Å². The van der Waals surface area contributed by atoms with Gasteiger partial charge < -0.3 is 5.11 Å². The average Bonchev–Trinajstić information content (AvgIpc) is 1.90. The molecule has 2 heteroatoms. The Bertz CT molecular complexity index is 201. The summed E-state index contributed by atoms with van der Waals surface area (Å²) in [4.78, 5) is 10.0. The second kappa shape index (κ2) is 2.31. The molecule has 2 nitrogen and oxygen atoms in total. The molecule has 0 heterocycles. The Balaban J connectivity index is 3.01. The van der Waals surface area contributed by atoms with Crippen molar-refractivity contribution in [2.45, 2.75) is 0 Å². The van der Waals surface area contributed by atoms with Gasteiger partial charge in [-0.15, -0.1) is 5.75 Å². The lowest BCUT2D eigenvalue weighted by Gasteiger charge is -2.01. The number of hydrogen-bond donors (Lipinski definition) is 0. The minimum atomic E-state index is -0.0689. The highest BCUT2D eigenvalue weighted by molar-refractivity contribution is 5.74. The minimum absolute atomic E-state index is 0.0689. The maximum absolute atomic E-state index is 10.4. The van der Waals surface area contributed by atoms with Crippen LogP contribution < -0.4 is 5.11 Å². The first-order valence-electron chi connectivity index (χ1n) is 2.55. The predicted molar refractivity (Wildman–Crippen MR) is 31.3 cm³/mol. The molecule has 0 aliphatic carbocycles. The van der Waals surface area contributed by atoms with E-state index < -0.39 is 0 Å². The van der Waals surface area contributed by atoms with Crippen molar-refractivity contribution in [3.8, 4) is 5.75 Å². The fourth-order valence-corrected chi connectivity index (χ4v) is 0.546. The zero-order valence-electron chi connectivity index (χ0n) is 4.70. The summed E-state index contributed by atoms with van der Waals surface area (Å²) in [7, 11) is 0. The van der Waals surface area contributed by atoms with Gasteiger partial charge in [-0.2, -0.15) is 0 Å². The van der Waals surface area contributed by atoms with Gasteiger partial charge in [0.15, 0.2) is 0 Å². The third-order valence-electron chi connectivity index (χ3n) is 1.02. The summed E-state index contributed by atoms with van der Waals surface area (Å²) >= 11 is 0. The van der Waals surface area contributed by atoms with Gasteiger partial charge in [-0.3, -0.25) is 4.79 Å². The molecule has 0 unspecified atom stereocenters. The van der Waals surface area contributed by atoms with Crippen LogP contribution in [0.2, 0.25) is 0 Å². The number of carbonyl (C=O) groups is 1. The third kappa shape index (κ3) is 1.29. The molecule has 0 aliphatic rings. The minimum Gasteiger partial charge on any atom is -0.872 e. The number of aldehydes is 1. The zero-order valence-corrected chi connectivity index (χ0v) is 4.70. The van der Waals surface area contributed by atoms with Gasteiger partial charge in [0.05, 0.1) is 0 Å². The molecule has 0 radical (unpaired) electrons. The molecule has 1 rings (SSSR count). The molecule has 0 spiro atoms. The molecular formula is C7H5O2-. The molecule has 0 saturated heterocycles. The number of carbonyl (C=O) groups excluding carboxylic acids is 1. The van der Waals surface area contributed by atoms with Crippen molar-refractivity contribution >= 4 is 6.29 Å². The van der Waals surface area contributed by atoms with Crippen molar-refractivity contribution in [3.05, 3.63) is 29.8 Å². The topological polar surface area (TPSA) is 40.1 Å². The SMILES string of the molecule is O=Cc1ccc([O-])cc1. The maximum Gasteiger partial charge on any atom is 0.150 e. The molecule has 0 aliphatic heterocycles. The molecule has 1 aromatic carbocycles. The summed E-state index contributed by atoms with van der Waals surface area (Å²) in [5.74, 6) is -0.0689. The van der Waals surface area contributed by atoms with Gasteiger partial charge in [0.2, 0.25) is 0 Å². The lowest BCUT2D eigenvalue weighted by atomic mass is 10.2. The summed E-state index contributed by atoms with van der Waals surface area (Å²) in [5.41, 5.74) is 0.537. The molecule has 0 fully saturated rings. The molecule has 0 saturated carbocycles. The van der Waals surface area contributed by atoms with Crippen LogP contribution in [0.4, 0.5) is 0 Å². The lowest BCUT2D eigenvalue weighted by molar-refractivity contribution is -0.268. The molecule has 1 aromatic rings. The summed E-state index contributed by atoms with van der Waals surface area (Å²) in [6.07, 6.45) is 0.708. The van der Waals surface area contributed by atoms with E-state index >= 15 is 0 Å². The van der Waals surface area contributed by atoms with Crippen LogP contribution >= 0.6 is 0 Å². The number of hydrogen-bond acceptors (Lipinski definition) is 2. The number of benzene rings is 1.